The van der Waals surface area contributed by atoms with Crippen LogP contribution in [0.25, 0.3) is 0 Å². The number of hydrogen-bond acceptors (Lipinski definition) is 3. The van der Waals surface area contributed by atoms with Crippen LogP contribution in [0.2, 0.25) is 0 Å². The molecule has 0 aromatic heterocycles. The van der Waals surface area contributed by atoms with Crippen molar-refractivity contribution in [3.8, 4) is 5.75 Å². The Hall–Kier alpha value is -2.25. The third-order valence-corrected chi connectivity index (χ3v) is 2.83. The molecule has 0 aliphatic carbocycles. The Kier molecular flexibility index (Phi) is 5.17. The average molecular weight is 305 g/mol. The third-order valence-electron chi connectivity index (χ3n) is 2.83. The first-order valence-corrected chi connectivity index (χ1v) is 5.99. The van der Waals surface area contributed by atoms with E-state index in [9.17, 15) is 22.8 Å². The van der Waals surface area contributed by atoms with Crippen LogP contribution in [-0.2, 0) is 4.79 Å². The topological polar surface area (TPSA) is 75.6 Å². The lowest BCUT2D eigenvalue weighted by Gasteiger charge is -2.18. The monoisotopic (exact) mass is 305 g/mol. The highest BCUT2D eigenvalue weighted by Gasteiger charge is 2.31. The Labute approximate surface area is 118 Å². The number of rotatable bonds is 5. The molecule has 0 spiro atoms. The number of carbonyl (C=O) groups is 2. The Morgan fingerprint density at radius 2 is 1.90 bits per heavy atom. The summed E-state index contributed by atoms with van der Waals surface area (Å²) < 4.78 is 40.0. The quantitative estimate of drug-likeness (QED) is 0.876. The summed E-state index contributed by atoms with van der Waals surface area (Å²) >= 11 is 0. The first-order chi connectivity index (χ1) is 9.60. The third kappa shape index (κ3) is 5.33. The Balaban J connectivity index is 2.79. The van der Waals surface area contributed by atoms with Gasteiger partial charge in [0.25, 0.3) is 5.91 Å². The van der Waals surface area contributed by atoms with E-state index < -0.39 is 35.9 Å². The largest absolute Gasteiger partial charge is 0.573 e. The maximum absolute atomic E-state index is 12.1. The fraction of sp³-hybridized carbons (Fsp3) is 0.385. The number of carboxylic acid groups (broad SMARTS) is 1. The molecule has 0 aliphatic rings. The SMILES string of the molecule is CC(NC(=O)c1cccc(OC(F)(F)F)c1)C(C)C(=O)O. The van der Waals surface area contributed by atoms with Crippen LogP contribution in [0.15, 0.2) is 24.3 Å². The number of carboxylic acids is 1. The number of amides is 1. The predicted molar refractivity (Wildman–Crippen MR) is 66.9 cm³/mol. The predicted octanol–water partition coefficient (Wildman–Crippen LogP) is 2.42. The summed E-state index contributed by atoms with van der Waals surface area (Å²) in [7, 11) is 0. The summed E-state index contributed by atoms with van der Waals surface area (Å²) in [4.78, 5) is 22.6. The minimum atomic E-state index is -4.85. The van der Waals surface area contributed by atoms with Crippen LogP contribution < -0.4 is 10.1 Å². The van der Waals surface area contributed by atoms with Gasteiger partial charge in [0, 0.05) is 11.6 Å². The van der Waals surface area contributed by atoms with E-state index in [4.69, 9.17) is 5.11 Å². The van der Waals surface area contributed by atoms with Gasteiger partial charge >= 0.3 is 12.3 Å². The normalized spacial score (nSPS) is 14.1. The second-order valence-electron chi connectivity index (χ2n) is 4.46. The number of benzene rings is 1. The van der Waals surface area contributed by atoms with Gasteiger partial charge in [0.05, 0.1) is 5.92 Å². The number of aliphatic carboxylic acids is 1. The number of hydrogen-bond donors (Lipinski definition) is 2. The second kappa shape index (κ2) is 6.47. The second-order valence-corrected chi connectivity index (χ2v) is 4.46. The first-order valence-electron chi connectivity index (χ1n) is 5.99. The van der Waals surface area contributed by atoms with E-state index in [0.717, 1.165) is 12.1 Å². The fourth-order valence-electron chi connectivity index (χ4n) is 1.46. The van der Waals surface area contributed by atoms with Crippen LogP contribution in [0, 0.1) is 5.92 Å². The molecule has 2 N–H and O–H groups in total. The van der Waals surface area contributed by atoms with Crippen molar-refractivity contribution in [3.05, 3.63) is 29.8 Å². The number of carbonyl (C=O) groups excluding carboxylic acids is 1. The summed E-state index contributed by atoms with van der Waals surface area (Å²) in [6.45, 7) is 2.91. The van der Waals surface area contributed by atoms with Crippen molar-refractivity contribution in [2.24, 2.45) is 5.92 Å². The molecule has 0 saturated heterocycles. The van der Waals surface area contributed by atoms with E-state index in [1.165, 1.54) is 26.0 Å². The Morgan fingerprint density at radius 3 is 2.43 bits per heavy atom. The summed E-state index contributed by atoms with van der Waals surface area (Å²) in [5, 5.41) is 11.2. The fourth-order valence-corrected chi connectivity index (χ4v) is 1.46. The molecule has 1 aromatic carbocycles. The van der Waals surface area contributed by atoms with Crippen molar-refractivity contribution >= 4 is 11.9 Å². The van der Waals surface area contributed by atoms with Gasteiger partial charge in [0.2, 0.25) is 0 Å². The van der Waals surface area contributed by atoms with Gasteiger partial charge in [-0.2, -0.15) is 0 Å². The molecule has 1 amide bonds. The molecule has 0 radical (unpaired) electrons. The van der Waals surface area contributed by atoms with Gasteiger partial charge in [0.1, 0.15) is 5.75 Å². The molecule has 0 bridgehead atoms. The van der Waals surface area contributed by atoms with Crippen molar-refractivity contribution < 1.29 is 32.6 Å². The number of alkyl halides is 3. The molecule has 116 valence electrons. The zero-order chi connectivity index (χ0) is 16.2. The van der Waals surface area contributed by atoms with E-state index in [2.05, 4.69) is 10.1 Å². The molecular weight excluding hydrogens is 291 g/mol. The molecular formula is C13H14F3NO4. The number of halogens is 3. The first kappa shape index (κ1) is 16.8. The molecule has 0 fully saturated rings. The molecule has 5 nitrogen and oxygen atoms in total. The van der Waals surface area contributed by atoms with E-state index >= 15 is 0 Å². The Bertz CT molecular complexity index is 530. The van der Waals surface area contributed by atoms with Gasteiger partial charge in [-0.1, -0.05) is 6.07 Å². The minimum Gasteiger partial charge on any atom is -0.481 e. The van der Waals surface area contributed by atoms with Crippen LogP contribution in [-0.4, -0.2) is 29.4 Å². The summed E-state index contributed by atoms with van der Waals surface area (Å²) in [5.74, 6) is -3.11. The highest BCUT2D eigenvalue weighted by atomic mass is 19.4. The number of ether oxygens (including phenoxy) is 1. The molecule has 0 aliphatic heterocycles. The van der Waals surface area contributed by atoms with Crippen molar-refractivity contribution in [3.63, 3.8) is 0 Å². The van der Waals surface area contributed by atoms with Gasteiger partial charge in [-0.15, -0.1) is 13.2 Å². The van der Waals surface area contributed by atoms with Crippen LogP contribution in [0.4, 0.5) is 13.2 Å². The highest BCUT2D eigenvalue weighted by molar-refractivity contribution is 5.95. The zero-order valence-corrected chi connectivity index (χ0v) is 11.3. The van der Waals surface area contributed by atoms with Gasteiger partial charge in [-0.3, -0.25) is 9.59 Å². The van der Waals surface area contributed by atoms with Gasteiger partial charge < -0.3 is 15.2 Å². The molecule has 1 rings (SSSR count). The van der Waals surface area contributed by atoms with E-state index in [0.29, 0.717) is 0 Å². The highest BCUT2D eigenvalue weighted by Crippen LogP contribution is 2.23. The molecule has 1 aromatic rings. The van der Waals surface area contributed by atoms with Gasteiger partial charge in [0.15, 0.2) is 0 Å². The van der Waals surface area contributed by atoms with E-state index in [1.54, 1.807) is 0 Å². The molecule has 2 atom stereocenters. The van der Waals surface area contributed by atoms with Crippen molar-refractivity contribution in [1.82, 2.24) is 5.32 Å². The smallest absolute Gasteiger partial charge is 0.481 e. The molecule has 21 heavy (non-hydrogen) atoms. The lowest BCUT2D eigenvalue weighted by atomic mass is 10.0. The molecule has 8 heteroatoms. The summed E-state index contributed by atoms with van der Waals surface area (Å²) in [6.07, 6.45) is -4.85. The van der Waals surface area contributed by atoms with E-state index in [1.807, 2.05) is 0 Å². The lowest BCUT2D eigenvalue weighted by molar-refractivity contribution is -0.274. The van der Waals surface area contributed by atoms with Gasteiger partial charge in [-0.25, -0.2) is 0 Å². The van der Waals surface area contributed by atoms with Gasteiger partial charge in [-0.05, 0) is 32.0 Å². The summed E-state index contributed by atoms with van der Waals surface area (Å²) in [6, 6.07) is 3.86. The van der Waals surface area contributed by atoms with Crippen LogP contribution in [0.5, 0.6) is 5.75 Å². The van der Waals surface area contributed by atoms with Crippen molar-refractivity contribution in [2.75, 3.05) is 0 Å². The lowest BCUT2D eigenvalue weighted by Crippen LogP contribution is -2.40. The van der Waals surface area contributed by atoms with Crippen molar-refractivity contribution in [2.45, 2.75) is 26.3 Å². The van der Waals surface area contributed by atoms with Crippen molar-refractivity contribution in [1.29, 1.82) is 0 Å². The maximum Gasteiger partial charge on any atom is 0.573 e. The standard InChI is InChI=1S/C13H14F3NO4/c1-7(12(19)20)8(2)17-11(18)9-4-3-5-10(6-9)21-13(14,15)16/h3-8H,1-2H3,(H,17,18)(H,19,20). The number of nitrogens with one attached hydrogen (secondary N) is 1. The minimum absolute atomic E-state index is 0.0545. The zero-order valence-electron chi connectivity index (χ0n) is 11.3. The van der Waals surface area contributed by atoms with Crippen LogP contribution in [0.3, 0.4) is 0 Å². The maximum atomic E-state index is 12.1. The summed E-state index contributed by atoms with van der Waals surface area (Å²) in [5.41, 5.74) is -0.0545. The molecule has 0 saturated carbocycles. The molecule has 0 heterocycles. The average Bonchev–Trinajstić information content (AvgIpc) is 2.35. The van der Waals surface area contributed by atoms with Crippen LogP contribution in [0.1, 0.15) is 24.2 Å². The Morgan fingerprint density at radius 1 is 1.29 bits per heavy atom. The molecule has 2 unspecified atom stereocenters. The van der Waals surface area contributed by atoms with Crippen LogP contribution >= 0.6 is 0 Å². The van der Waals surface area contributed by atoms with E-state index in [-0.39, 0.29) is 5.56 Å².